The molecule has 0 spiro atoms. The van der Waals surface area contributed by atoms with E-state index in [0.29, 0.717) is 12.8 Å². The van der Waals surface area contributed by atoms with Crippen LogP contribution in [0.15, 0.2) is 48.5 Å². The summed E-state index contributed by atoms with van der Waals surface area (Å²) in [5, 5.41) is 8.39. The number of aromatic nitrogens is 3. The molecule has 0 bridgehead atoms. The Morgan fingerprint density at radius 2 is 1.81 bits per heavy atom. The van der Waals surface area contributed by atoms with E-state index < -0.39 is 0 Å². The van der Waals surface area contributed by atoms with Crippen LogP contribution in [0.2, 0.25) is 0 Å². The third kappa shape index (κ3) is 3.14. The average molecular weight is 273 g/mol. The molecular weight excluding hydrogens is 257 g/mol. The molecule has 0 fully saturated rings. The van der Waals surface area contributed by atoms with Gasteiger partial charge < -0.3 is 4.74 Å². The number of fused-ring (bicyclic) bond motifs is 1. The van der Waals surface area contributed by atoms with Crippen molar-refractivity contribution in [1.82, 2.24) is 15.0 Å². The Morgan fingerprint density at radius 3 is 2.52 bits per heavy atom. The fraction of sp³-hybridized carbons (Fsp3) is 0.188. The van der Waals surface area contributed by atoms with Crippen molar-refractivity contribution in [2.45, 2.75) is 13.8 Å². The standard InChI is InChI=1S/C16H16N3O.Li/c1-3-20-16(13-10-8-12(2)9-11-13)19-15-7-5-4-6-14(15)17-18-19;/h4-11H,3H2,1-2H3;/q-1;+1. The first-order chi connectivity index (χ1) is 9.79. The van der Waals surface area contributed by atoms with Crippen LogP contribution < -0.4 is 18.9 Å². The van der Waals surface area contributed by atoms with Crippen molar-refractivity contribution >= 4 is 11.0 Å². The van der Waals surface area contributed by atoms with Crippen LogP contribution in [0, 0.1) is 13.2 Å². The van der Waals surface area contributed by atoms with Gasteiger partial charge in [0.25, 0.3) is 0 Å². The summed E-state index contributed by atoms with van der Waals surface area (Å²) >= 11 is 0. The predicted molar refractivity (Wildman–Crippen MR) is 78.1 cm³/mol. The van der Waals surface area contributed by atoms with E-state index in [4.69, 9.17) is 4.74 Å². The van der Waals surface area contributed by atoms with Crippen molar-refractivity contribution in [1.29, 1.82) is 0 Å². The van der Waals surface area contributed by atoms with E-state index in [1.807, 2.05) is 43.3 Å². The van der Waals surface area contributed by atoms with Gasteiger partial charge in [0.1, 0.15) is 0 Å². The van der Waals surface area contributed by atoms with E-state index in [2.05, 4.69) is 29.4 Å². The van der Waals surface area contributed by atoms with Gasteiger partial charge in [-0.15, -0.1) is 29.4 Å². The predicted octanol–water partition coefficient (Wildman–Crippen LogP) is 0.166. The molecule has 21 heavy (non-hydrogen) atoms. The minimum Gasteiger partial charge on any atom is -0.375 e. The molecule has 3 aromatic rings. The molecule has 0 unspecified atom stereocenters. The summed E-state index contributed by atoms with van der Waals surface area (Å²) in [5.41, 5.74) is 4.01. The first-order valence-electron chi connectivity index (χ1n) is 6.67. The zero-order valence-electron chi connectivity index (χ0n) is 12.6. The molecule has 0 aliphatic rings. The Hall–Kier alpha value is -1.73. The molecule has 5 heteroatoms. The third-order valence-corrected chi connectivity index (χ3v) is 3.12. The van der Waals surface area contributed by atoms with Gasteiger partial charge in [0.05, 0.1) is 11.7 Å². The van der Waals surface area contributed by atoms with Crippen molar-refractivity contribution in [3.05, 3.63) is 65.9 Å². The summed E-state index contributed by atoms with van der Waals surface area (Å²) < 4.78 is 7.55. The molecule has 0 N–H and O–H groups in total. The third-order valence-electron chi connectivity index (χ3n) is 3.12. The maximum atomic E-state index is 5.80. The monoisotopic (exact) mass is 273 g/mol. The smallest absolute Gasteiger partial charge is 0.375 e. The molecule has 3 rings (SSSR count). The number of benzene rings is 2. The molecule has 0 saturated carbocycles. The number of nitrogens with zero attached hydrogens (tertiary/aromatic N) is 3. The van der Waals surface area contributed by atoms with Gasteiger partial charge in [-0.25, -0.2) is 0 Å². The van der Waals surface area contributed by atoms with Crippen LogP contribution in [0.5, 0.6) is 0 Å². The van der Waals surface area contributed by atoms with E-state index in [1.54, 1.807) is 4.68 Å². The number of hydrogen-bond acceptors (Lipinski definition) is 3. The van der Waals surface area contributed by atoms with Crippen LogP contribution in [0.1, 0.15) is 18.1 Å². The van der Waals surface area contributed by atoms with Crippen LogP contribution >= 0.6 is 0 Å². The zero-order chi connectivity index (χ0) is 13.9. The summed E-state index contributed by atoms with van der Waals surface area (Å²) in [4.78, 5) is 0. The van der Waals surface area contributed by atoms with E-state index >= 15 is 0 Å². The molecule has 0 atom stereocenters. The van der Waals surface area contributed by atoms with E-state index in [0.717, 1.165) is 16.6 Å². The Balaban J connectivity index is 0.00000161. The second-order valence-electron chi connectivity index (χ2n) is 4.59. The van der Waals surface area contributed by atoms with Gasteiger partial charge in [0.2, 0.25) is 0 Å². The number of rotatable bonds is 4. The first-order valence-corrected chi connectivity index (χ1v) is 6.67. The fourth-order valence-electron chi connectivity index (χ4n) is 2.12. The largest absolute Gasteiger partial charge is 1.00 e. The molecule has 0 aliphatic carbocycles. The van der Waals surface area contributed by atoms with Gasteiger partial charge in [-0.1, -0.05) is 34.5 Å². The molecule has 4 nitrogen and oxygen atoms in total. The van der Waals surface area contributed by atoms with Crippen molar-refractivity contribution in [2.75, 3.05) is 6.61 Å². The van der Waals surface area contributed by atoms with Crippen LogP contribution in [-0.2, 0) is 4.74 Å². The quantitative estimate of drug-likeness (QED) is 0.502. The van der Waals surface area contributed by atoms with Crippen molar-refractivity contribution < 1.29 is 23.6 Å². The summed E-state index contributed by atoms with van der Waals surface area (Å²) in [5.74, 6) is 0. The number of hydrogen-bond donors (Lipinski definition) is 0. The zero-order valence-corrected chi connectivity index (χ0v) is 12.6. The maximum Gasteiger partial charge on any atom is 1.00 e. The Bertz CT molecular complexity index is 709. The van der Waals surface area contributed by atoms with Crippen LogP contribution in [0.25, 0.3) is 11.0 Å². The van der Waals surface area contributed by atoms with Gasteiger partial charge in [-0.3, -0.25) is 4.68 Å². The van der Waals surface area contributed by atoms with E-state index in [9.17, 15) is 0 Å². The SMILES string of the molecule is CCO[C-](c1ccc(C)cc1)n1nnc2ccccc21.[Li+]. The molecule has 102 valence electrons. The Labute approximate surface area is 136 Å². The Morgan fingerprint density at radius 1 is 1.10 bits per heavy atom. The van der Waals surface area contributed by atoms with Crippen molar-refractivity contribution in [2.24, 2.45) is 0 Å². The minimum absolute atomic E-state index is 0. The van der Waals surface area contributed by atoms with Crippen molar-refractivity contribution in [3.8, 4) is 0 Å². The van der Waals surface area contributed by atoms with Gasteiger partial charge in [0.15, 0.2) is 0 Å². The fourth-order valence-corrected chi connectivity index (χ4v) is 2.12. The summed E-state index contributed by atoms with van der Waals surface area (Å²) in [6.07, 6.45) is 0.709. The Kier molecular flexibility index (Phi) is 5.08. The summed E-state index contributed by atoms with van der Waals surface area (Å²) in [7, 11) is 0. The van der Waals surface area contributed by atoms with Gasteiger partial charge in [0, 0.05) is 12.1 Å². The van der Waals surface area contributed by atoms with Crippen LogP contribution in [0.3, 0.4) is 0 Å². The molecule has 1 aromatic heterocycles. The number of ether oxygens (including phenoxy) is 1. The van der Waals surface area contributed by atoms with Gasteiger partial charge in [-0.2, -0.15) is 0 Å². The van der Waals surface area contributed by atoms with Crippen LogP contribution in [-0.4, -0.2) is 21.6 Å². The minimum atomic E-state index is 0. The summed E-state index contributed by atoms with van der Waals surface area (Å²) in [6.45, 7) is 4.61. The second-order valence-corrected chi connectivity index (χ2v) is 4.59. The topological polar surface area (TPSA) is 39.9 Å². The van der Waals surface area contributed by atoms with Gasteiger partial charge >= 0.3 is 18.9 Å². The molecule has 2 aromatic carbocycles. The molecular formula is C16H16LiN3O. The first kappa shape index (κ1) is 15.7. The van der Waals surface area contributed by atoms with Crippen molar-refractivity contribution in [3.63, 3.8) is 0 Å². The van der Waals surface area contributed by atoms with E-state index in [-0.39, 0.29) is 18.9 Å². The van der Waals surface area contributed by atoms with Gasteiger partial charge in [-0.05, 0) is 19.9 Å². The summed E-state index contributed by atoms with van der Waals surface area (Å²) in [6, 6.07) is 16.1. The molecule has 0 radical (unpaired) electrons. The molecule has 0 saturated heterocycles. The average Bonchev–Trinajstić information content (AvgIpc) is 2.90. The molecule has 1 heterocycles. The van der Waals surface area contributed by atoms with E-state index in [1.165, 1.54) is 5.56 Å². The normalized spacial score (nSPS) is 10.4. The number of aryl methyl sites for hydroxylation is 1. The number of para-hydroxylation sites is 1. The second kappa shape index (κ2) is 6.82. The molecule has 0 amide bonds. The maximum absolute atomic E-state index is 5.80. The molecule has 0 aliphatic heterocycles. The van der Waals surface area contributed by atoms with Crippen LogP contribution in [0.4, 0.5) is 0 Å².